The van der Waals surface area contributed by atoms with Gasteiger partial charge in [-0.3, -0.25) is 0 Å². The van der Waals surface area contributed by atoms with E-state index < -0.39 is 6.04 Å². The zero-order valence-electron chi connectivity index (χ0n) is 78.5. The molecule has 0 fully saturated rings. The Morgan fingerprint density at radius 1 is 0.204 bits per heavy atom. The summed E-state index contributed by atoms with van der Waals surface area (Å²) in [6.07, 6.45) is 0. The second-order valence-electron chi connectivity index (χ2n) is 33.3. The van der Waals surface area contributed by atoms with Crippen LogP contribution in [0.4, 0.5) is 68.2 Å². The summed E-state index contributed by atoms with van der Waals surface area (Å²) in [5.41, 5.74) is 23.7. The van der Waals surface area contributed by atoms with Gasteiger partial charge in [0.15, 0.2) is 0 Å². The van der Waals surface area contributed by atoms with Crippen molar-refractivity contribution in [1.82, 2.24) is 13.7 Å². The van der Waals surface area contributed by atoms with Crippen LogP contribution in [0, 0.1) is 0 Å². The lowest BCUT2D eigenvalue weighted by Crippen LogP contribution is -2.09. The molecule has 0 unspecified atom stereocenters. The van der Waals surface area contributed by atoms with Crippen LogP contribution in [0.1, 0.15) is 6.85 Å². The summed E-state index contributed by atoms with van der Waals surface area (Å²) < 4.78 is 61.1. The Labute approximate surface area is 837 Å². The van der Waals surface area contributed by atoms with Gasteiger partial charge in [0.2, 0.25) is 0 Å². The minimum Gasteiger partial charge on any atom is -0.456 e. The summed E-state index contributed by atoms with van der Waals surface area (Å²) in [7, 11) is 0. The van der Waals surface area contributed by atoms with Crippen LogP contribution in [-0.2, 0) is 0 Å². The van der Waals surface area contributed by atoms with Crippen LogP contribution in [0.25, 0.3) is 135 Å². The third kappa shape index (κ3) is 16.8. The molecule has 8 nitrogen and oxygen atoms in total. The molecule has 0 saturated heterocycles. The largest absolute Gasteiger partial charge is 0.456 e. The molecule has 0 amide bonds. The van der Waals surface area contributed by atoms with Crippen molar-refractivity contribution in [3.05, 3.63) is 521 Å². The minimum absolute atomic E-state index is 0.133. The normalized spacial score (nSPS) is 11.9. The molecule has 0 aliphatic carbocycles. The van der Waals surface area contributed by atoms with Crippen molar-refractivity contribution in [3.63, 3.8) is 0 Å². The lowest BCUT2D eigenvalue weighted by atomic mass is 10.1. The molecule has 0 radical (unpaired) electrons. The number of hydrogen-bond donors (Lipinski definition) is 0. The van der Waals surface area contributed by atoms with E-state index in [1.165, 1.54) is 80.2 Å². The van der Waals surface area contributed by atoms with E-state index in [1.54, 1.807) is 4.57 Å². The first-order chi connectivity index (χ1) is 69.7. The smallest absolute Gasteiger partial charge is 0.135 e. The van der Waals surface area contributed by atoms with Gasteiger partial charge in [-0.05, 0) is 284 Å². The number of benzene rings is 21. The van der Waals surface area contributed by atoms with Gasteiger partial charge in [0, 0.05) is 166 Å². The Hall–Kier alpha value is -15.6. The lowest BCUT2D eigenvalue weighted by Gasteiger charge is -2.25. The van der Waals surface area contributed by atoms with Gasteiger partial charge >= 0.3 is 0 Å². The molecule has 0 bridgehead atoms. The average molecular weight is 2040 g/mol. The van der Waals surface area contributed by atoms with E-state index in [0.29, 0.717) is 0 Å². The first-order valence-corrected chi connectivity index (χ1v) is 49.1. The molecule has 0 aliphatic rings. The van der Waals surface area contributed by atoms with Gasteiger partial charge in [0.05, 0.1) is 45.6 Å². The van der Waals surface area contributed by atoms with Crippen LogP contribution >= 0.6 is 75.1 Å². The molecule has 0 N–H and O–H groups in total. The van der Waals surface area contributed by atoms with Crippen LogP contribution in [0.2, 0.25) is 0 Å². The molecule has 0 spiro atoms. The highest BCUT2D eigenvalue weighted by atomic mass is 79.9. The van der Waals surface area contributed by atoms with Gasteiger partial charge in [0.25, 0.3) is 0 Å². The van der Waals surface area contributed by atoms with Gasteiger partial charge in [-0.15, -0.1) is 11.3 Å². The van der Waals surface area contributed by atoms with Crippen molar-refractivity contribution in [2.75, 3.05) is 19.6 Å². The summed E-state index contributed by atoms with van der Waals surface area (Å²) in [6.45, 7) is 0. The first kappa shape index (κ1) is 79.9. The Balaban J connectivity index is 0.000000105. The predicted molar refractivity (Wildman–Crippen MR) is 596 cm³/mol. The van der Waals surface area contributed by atoms with Crippen LogP contribution in [-0.4, -0.2) is 13.7 Å². The molecule has 26 aromatic rings. The van der Waals surface area contributed by atoms with Gasteiger partial charge < -0.3 is 37.7 Å². The third-order valence-electron chi connectivity index (χ3n) is 25.0. The number of aromatic nitrogens is 3. The average Bonchev–Trinajstić information content (AvgIpc) is 1.45. The number of rotatable bonds is 15. The number of furan rings is 1. The van der Waals surface area contributed by atoms with Crippen LogP contribution in [0.5, 0.6) is 0 Å². The van der Waals surface area contributed by atoms with Crippen molar-refractivity contribution in [2.24, 2.45) is 0 Å². The molecule has 26 rings (SSSR count). The second-order valence-corrected chi connectivity index (χ2v) is 38.0. The van der Waals surface area contributed by atoms with Crippen molar-refractivity contribution >= 4 is 262 Å². The van der Waals surface area contributed by atoms with E-state index >= 15 is 0 Å². The van der Waals surface area contributed by atoms with Crippen molar-refractivity contribution in [3.8, 4) is 17.1 Å². The van der Waals surface area contributed by atoms with E-state index in [0.717, 1.165) is 136 Å². The summed E-state index contributed by atoms with van der Waals surface area (Å²) in [5, 5.41) is 14.0. The molecule has 5 aromatic heterocycles. The van der Waals surface area contributed by atoms with Crippen LogP contribution in [0.15, 0.2) is 526 Å². The van der Waals surface area contributed by atoms with Gasteiger partial charge in [0.1, 0.15) is 11.2 Å². The highest BCUT2D eigenvalue weighted by Crippen LogP contribution is 2.48. The van der Waals surface area contributed by atoms with Crippen molar-refractivity contribution < 1.29 is 11.3 Å². The van der Waals surface area contributed by atoms with Crippen LogP contribution < -0.4 is 19.6 Å². The molecule has 5 heterocycles. The lowest BCUT2D eigenvalue weighted by molar-refractivity contribution is 0.669. The number of halogens is 4. The Bertz CT molecular complexity index is 9110. The molecule has 21 aromatic carbocycles. The monoisotopic (exact) mass is 2040 g/mol. The van der Waals surface area contributed by atoms with Gasteiger partial charge in [-0.25, -0.2) is 0 Å². The second kappa shape index (κ2) is 37.7. The topological polar surface area (TPSA) is 40.9 Å². The Morgan fingerprint density at radius 3 is 0.934 bits per heavy atom. The SMILES string of the molecule is Brc1ccc2c(c1)c1cc(N(c3ccccc3)c3ccccc3)ccc1n2-c1cccc2ccccc12.Brc1ccc2c(c1)c1cc(N(c3ccccc3)c3ccccc3)ccc1n2-c1ccccc1.Brc1ccc2oc3ccc(N(c4ccccc4)c4ccc5c(c4)sc4ccccc45)cc3c2c1.[2H]c1c([2H])c([2H])c(-n2c3ccc(Br)cc3c3cc(N(c4ccccc4)c4ccccc4)ccc32)c([2H])c1[2H]. The maximum absolute atomic E-state index is 8.63. The fraction of sp³-hybridized carbons (Fsp3) is 0. The van der Waals surface area contributed by atoms with E-state index in [-0.39, 0.29) is 29.9 Å². The van der Waals surface area contributed by atoms with E-state index in [1.807, 2.05) is 90.2 Å². The number of nitrogens with zero attached hydrogens (tertiary/aromatic N) is 7. The number of thiophene rings is 1. The third-order valence-corrected chi connectivity index (χ3v) is 28.1. The summed E-state index contributed by atoms with van der Waals surface area (Å²) in [4.78, 5) is 9.12. The Morgan fingerprint density at radius 2 is 0.496 bits per heavy atom. The summed E-state index contributed by atoms with van der Waals surface area (Å²) in [6, 6.07) is 164. The quantitative estimate of drug-likeness (QED) is 0.102. The first-order valence-electron chi connectivity index (χ1n) is 47.6. The number of hydrogen-bond acceptors (Lipinski definition) is 6. The minimum atomic E-state index is -0.407. The number of fused-ring (bicyclic) bond motifs is 16. The van der Waals surface area contributed by atoms with Crippen LogP contribution in [0.3, 0.4) is 0 Å². The van der Waals surface area contributed by atoms with E-state index in [2.05, 4.69) is 487 Å². The van der Waals surface area contributed by atoms with E-state index in [9.17, 15) is 0 Å². The van der Waals surface area contributed by atoms with Crippen molar-refractivity contribution in [1.29, 1.82) is 0 Å². The molecular formula is C124H83Br4N7OS. The summed E-state index contributed by atoms with van der Waals surface area (Å²) in [5.74, 6) is 0. The fourth-order valence-corrected chi connectivity index (χ4v) is 21.6. The molecule has 0 saturated carbocycles. The molecule has 13 heteroatoms. The maximum Gasteiger partial charge on any atom is 0.135 e. The number of anilines is 12. The highest BCUT2D eigenvalue weighted by molar-refractivity contribution is 9.11. The molecule has 137 heavy (non-hydrogen) atoms. The molecular weight excluding hydrogens is 1960 g/mol. The zero-order valence-corrected chi connectivity index (χ0v) is 80.7. The summed E-state index contributed by atoms with van der Waals surface area (Å²) >= 11 is 16.5. The predicted octanol–water partition coefficient (Wildman–Crippen LogP) is 38.4. The number of para-hydroxylation sites is 9. The fourth-order valence-electron chi connectivity index (χ4n) is 19.0. The van der Waals surface area contributed by atoms with Gasteiger partial charge in [-0.1, -0.05) is 288 Å². The highest BCUT2D eigenvalue weighted by Gasteiger charge is 2.25. The van der Waals surface area contributed by atoms with Crippen molar-refractivity contribution in [2.45, 2.75) is 0 Å². The standard InChI is InChI=1S/C34H23BrN2.2C30H21BrN2.C30H18BrNOS/c35-25-18-20-33-30(22-25)31-23-28(36(26-12-3-1-4-13-26)27-14-5-2-6-15-27)19-21-34(31)37(33)32-17-9-11-24-10-7-8-16-29(24)32;2*31-22-16-18-29-27(20-22)28-21-26(17-19-30(28)33(29)25-14-8-3-9-15-25)32(23-10-4-1-5-11-23)24-12-6-2-7-13-24;31-19-10-14-27-25(16-19)26-17-21(12-15-28(26)33-27)32(20-6-2-1-3-7-20)22-11-13-24-23-8-4-5-9-29(23)34-30(24)18-22/h1-23H;2*1-21H;1-18H/i;3D,8D,9D,14D,15D;;. The molecule has 0 atom stereocenters. The molecule has 654 valence electrons. The maximum atomic E-state index is 8.63. The Kier molecular flexibility index (Phi) is 22.0. The molecule has 0 aliphatic heterocycles. The zero-order chi connectivity index (χ0) is 96.2. The van der Waals surface area contributed by atoms with E-state index in [4.69, 9.17) is 11.3 Å². The van der Waals surface area contributed by atoms with Gasteiger partial charge in [-0.2, -0.15) is 0 Å².